The third kappa shape index (κ3) is 6.65. The molecule has 1 aliphatic heterocycles. The smallest absolute Gasteiger partial charge is 0.208 e. The Labute approximate surface area is 324 Å². The Morgan fingerprint density at radius 2 is 1.50 bits per heavy atom. The molecule has 1 saturated carbocycles. The van der Waals surface area contributed by atoms with E-state index in [1.54, 1.807) is 0 Å². The number of aromatic nitrogens is 8. The second kappa shape index (κ2) is 14.1. The molecule has 0 unspecified atom stereocenters. The van der Waals surface area contributed by atoms with Gasteiger partial charge in [0, 0.05) is 70.6 Å². The van der Waals surface area contributed by atoms with Crippen LogP contribution in [-0.4, -0.2) is 89.1 Å². The molecule has 2 aromatic carbocycles. The SMILES string of the molecule is COC1CCC(N(C)Cc2ccc3[nH]c(-c4cc(N)nc5[nH]c(Nc6cc(-c7cc8ccc(CN9CCCC9)cc8[nH]7)c7nc(C)[nH]c7n6)nc45)cc3c2)CC1. The number of fused-ring (bicyclic) bond motifs is 4. The van der Waals surface area contributed by atoms with Gasteiger partial charge in [-0.3, -0.25) is 9.80 Å². The summed E-state index contributed by atoms with van der Waals surface area (Å²) < 4.78 is 5.59. The number of methoxy groups -OCH3 is 1. The van der Waals surface area contributed by atoms with Gasteiger partial charge in [-0.2, -0.15) is 0 Å². The van der Waals surface area contributed by atoms with Crippen LogP contribution in [0, 0.1) is 6.92 Å². The summed E-state index contributed by atoms with van der Waals surface area (Å²) in [4.78, 5) is 38.3. The lowest BCUT2D eigenvalue weighted by molar-refractivity contribution is 0.0427. The lowest BCUT2D eigenvalue weighted by Crippen LogP contribution is -2.36. The van der Waals surface area contributed by atoms with Gasteiger partial charge in [0.15, 0.2) is 11.3 Å². The van der Waals surface area contributed by atoms with Gasteiger partial charge in [-0.05, 0) is 119 Å². The molecule has 1 saturated heterocycles. The number of nitrogens with one attached hydrogen (secondary N) is 5. The first-order valence-electron chi connectivity index (χ1n) is 19.8. The molecule has 0 bridgehead atoms. The third-order valence-electron chi connectivity index (χ3n) is 11.9. The molecule has 13 nitrogen and oxygen atoms in total. The molecule has 0 amide bonds. The van der Waals surface area contributed by atoms with Gasteiger partial charge in [-0.25, -0.2) is 19.9 Å². The van der Waals surface area contributed by atoms with Gasteiger partial charge in [0.25, 0.3) is 0 Å². The van der Waals surface area contributed by atoms with Crippen LogP contribution in [0.5, 0.6) is 0 Å². The molecule has 0 atom stereocenters. The summed E-state index contributed by atoms with van der Waals surface area (Å²) >= 11 is 0. The number of hydrogen-bond acceptors (Lipinski definition) is 9. The first-order chi connectivity index (χ1) is 27.3. The number of ether oxygens (including phenoxy) is 1. The average molecular weight is 749 g/mol. The van der Waals surface area contributed by atoms with Crippen LogP contribution in [0.15, 0.2) is 60.7 Å². The normalized spacial score (nSPS) is 18.1. The number of anilines is 3. The fraction of sp³-hybridized carbons (Fsp3) is 0.349. The lowest BCUT2D eigenvalue weighted by Gasteiger charge is -2.34. The van der Waals surface area contributed by atoms with Crippen LogP contribution in [0.3, 0.4) is 0 Å². The highest BCUT2D eigenvalue weighted by molar-refractivity contribution is 5.97. The number of pyridine rings is 2. The van der Waals surface area contributed by atoms with Gasteiger partial charge >= 0.3 is 0 Å². The second-order valence-electron chi connectivity index (χ2n) is 15.9. The zero-order valence-electron chi connectivity index (χ0n) is 32.2. The summed E-state index contributed by atoms with van der Waals surface area (Å²) in [5, 5.41) is 5.73. The number of hydrogen-bond donors (Lipinski definition) is 6. The number of imidazole rings is 2. The number of nitrogen functional groups attached to an aromatic ring is 1. The number of H-pyrrole nitrogens is 4. The van der Waals surface area contributed by atoms with E-state index in [9.17, 15) is 0 Å². The van der Waals surface area contributed by atoms with Crippen LogP contribution in [0.25, 0.3) is 66.6 Å². The first-order valence-corrected chi connectivity index (χ1v) is 19.8. The summed E-state index contributed by atoms with van der Waals surface area (Å²) in [5.74, 6) is 2.33. The molecular formula is C43H48N12O. The quantitative estimate of drug-likeness (QED) is 0.0809. The van der Waals surface area contributed by atoms with Crippen LogP contribution < -0.4 is 11.1 Å². The van der Waals surface area contributed by atoms with E-state index in [0.29, 0.717) is 46.5 Å². The Hall–Kier alpha value is -5.76. The fourth-order valence-electron chi connectivity index (χ4n) is 8.95. The Morgan fingerprint density at radius 1 is 0.768 bits per heavy atom. The molecule has 2 aliphatic rings. The number of benzene rings is 2. The predicted molar refractivity (Wildman–Crippen MR) is 224 cm³/mol. The minimum Gasteiger partial charge on any atom is -0.384 e. The molecule has 286 valence electrons. The van der Waals surface area contributed by atoms with Gasteiger partial charge in [0.1, 0.15) is 28.5 Å². The highest BCUT2D eigenvalue weighted by Gasteiger charge is 2.24. The maximum atomic E-state index is 6.38. The van der Waals surface area contributed by atoms with Gasteiger partial charge in [-0.1, -0.05) is 18.2 Å². The molecule has 10 rings (SSSR count). The number of likely N-dealkylation sites (tertiary alicyclic amines) is 1. The van der Waals surface area contributed by atoms with Crippen LogP contribution in [0.4, 0.5) is 17.6 Å². The minimum absolute atomic E-state index is 0.402. The summed E-state index contributed by atoms with van der Waals surface area (Å²) in [6.45, 7) is 6.17. The Balaban J connectivity index is 0.932. The number of nitrogens with two attached hydrogens (primary N) is 1. The van der Waals surface area contributed by atoms with Gasteiger partial charge in [0.05, 0.1) is 6.10 Å². The van der Waals surface area contributed by atoms with E-state index < -0.39 is 0 Å². The van der Waals surface area contributed by atoms with Crippen LogP contribution >= 0.6 is 0 Å². The third-order valence-corrected chi connectivity index (χ3v) is 11.9. The van der Waals surface area contributed by atoms with Crippen molar-refractivity contribution < 1.29 is 4.74 Å². The average Bonchev–Trinajstić information content (AvgIpc) is 4.04. The molecule has 7 N–H and O–H groups in total. The fourth-order valence-corrected chi connectivity index (χ4v) is 8.95. The van der Waals surface area contributed by atoms with E-state index in [1.165, 1.54) is 49.9 Å². The number of aromatic amines is 4. The minimum atomic E-state index is 0.402. The van der Waals surface area contributed by atoms with Gasteiger partial charge in [0.2, 0.25) is 5.95 Å². The van der Waals surface area contributed by atoms with Gasteiger partial charge in [-0.15, -0.1) is 0 Å². The number of nitrogens with zero attached hydrogens (tertiary/aromatic N) is 6. The molecule has 56 heavy (non-hydrogen) atoms. The molecule has 2 fully saturated rings. The van der Waals surface area contributed by atoms with Crippen molar-refractivity contribution in [2.45, 2.75) is 70.7 Å². The van der Waals surface area contributed by atoms with Gasteiger partial charge < -0.3 is 35.7 Å². The van der Waals surface area contributed by atoms with E-state index >= 15 is 0 Å². The molecule has 6 aromatic heterocycles. The Bertz CT molecular complexity index is 2710. The molecule has 13 heteroatoms. The molecule has 0 radical (unpaired) electrons. The van der Waals surface area contributed by atoms with Crippen molar-refractivity contribution in [1.29, 1.82) is 0 Å². The first kappa shape index (κ1) is 34.7. The Kier molecular flexibility index (Phi) is 8.72. The van der Waals surface area contributed by atoms with Crippen LogP contribution in [-0.2, 0) is 17.8 Å². The van der Waals surface area contributed by atoms with Crippen molar-refractivity contribution >= 4 is 61.7 Å². The van der Waals surface area contributed by atoms with Crippen molar-refractivity contribution in [3.63, 3.8) is 0 Å². The summed E-state index contributed by atoms with van der Waals surface area (Å²) in [5.41, 5.74) is 17.7. The van der Waals surface area contributed by atoms with E-state index in [0.717, 1.165) is 81.6 Å². The molecule has 8 aromatic rings. The van der Waals surface area contributed by atoms with E-state index in [-0.39, 0.29) is 0 Å². The summed E-state index contributed by atoms with van der Waals surface area (Å²) in [7, 11) is 4.07. The molecular weight excluding hydrogens is 701 g/mol. The maximum absolute atomic E-state index is 6.38. The van der Waals surface area contributed by atoms with Crippen molar-refractivity contribution in [2.75, 3.05) is 38.3 Å². The largest absolute Gasteiger partial charge is 0.384 e. The summed E-state index contributed by atoms with van der Waals surface area (Å²) in [6, 6.07) is 22.2. The van der Waals surface area contributed by atoms with E-state index in [2.05, 4.69) is 95.6 Å². The van der Waals surface area contributed by atoms with E-state index in [1.807, 2.05) is 26.2 Å². The zero-order chi connectivity index (χ0) is 37.9. The highest BCUT2D eigenvalue weighted by Crippen LogP contribution is 2.35. The zero-order valence-corrected chi connectivity index (χ0v) is 32.2. The van der Waals surface area contributed by atoms with E-state index in [4.69, 9.17) is 25.4 Å². The molecule has 0 spiro atoms. The van der Waals surface area contributed by atoms with Crippen LogP contribution in [0.1, 0.15) is 55.5 Å². The number of rotatable bonds is 10. The summed E-state index contributed by atoms with van der Waals surface area (Å²) in [6.07, 6.45) is 7.56. The topological polar surface area (TPSA) is 168 Å². The second-order valence-corrected chi connectivity index (χ2v) is 15.9. The molecule has 7 heterocycles. The highest BCUT2D eigenvalue weighted by atomic mass is 16.5. The van der Waals surface area contributed by atoms with Crippen LogP contribution in [0.2, 0.25) is 0 Å². The Morgan fingerprint density at radius 3 is 2.32 bits per heavy atom. The van der Waals surface area contributed by atoms with Crippen molar-refractivity contribution in [1.82, 2.24) is 49.7 Å². The standard InChI is InChI=1S/C43H48N12O/c1-24-45-39-32(35-18-27-8-6-26(17-34(27)48-35)23-55-14-4-5-15-55)21-38(50-41(39)46-24)51-43-52-40-31(20-37(44)49-42(40)53-43)36-19-28-16-25(7-13-33(28)47-36)22-54(2)29-9-11-30(56-3)12-10-29/h6-8,13,16-21,29-30,47-48H,4-5,9-12,14-15,22-23H2,1-3H3,(H5,44,45,46,49,50,51,52,53). The lowest BCUT2D eigenvalue weighted by atomic mass is 9.92. The monoisotopic (exact) mass is 748 g/mol. The van der Waals surface area contributed by atoms with Crippen molar-refractivity contribution in [3.8, 4) is 22.5 Å². The predicted octanol–water partition coefficient (Wildman–Crippen LogP) is 8.15. The number of aryl methyl sites for hydroxylation is 1. The van der Waals surface area contributed by atoms with Crippen molar-refractivity contribution in [2.24, 2.45) is 0 Å². The van der Waals surface area contributed by atoms with Crippen molar-refractivity contribution in [3.05, 3.63) is 77.6 Å². The molecule has 1 aliphatic carbocycles. The maximum Gasteiger partial charge on any atom is 0.208 e.